The van der Waals surface area contributed by atoms with Gasteiger partial charge in [0.05, 0.1) is 11.6 Å². The van der Waals surface area contributed by atoms with Crippen molar-refractivity contribution in [3.05, 3.63) is 11.5 Å². The van der Waals surface area contributed by atoms with Crippen LogP contribution in [0.3, 0.4) is 0 Å². The summed E-state index contributed by atoms with van der Waals surface area (Å²) in [6.07, 6.45) is 6.74. The van der Waals surface area contributed by atoms with Gasteiger partial charge < -0.3 is 10.2 Å². The smallest absolute Gasteiger partial charge is 0.232 e. The monoisotopic (exact) mass is 338 g/mol. The van der Waals surface area contributed by atoms with Gasteiger partial charge in [-0.05, 0) is 37.3 Å². The Morgan fingerprint density at radius 2 is 2.09 bits per heavy atom. The fourth-order valence-electron chi connectivity index (χ4n) is 3.14. The standard InChI is InChI=1S/C15H21ClN4O.C2H6/c1-3-5-10(4-2)20-9-15(6-7-15)13(21)18-11-8-17-14(16)19-12(11)20;1-2/h8,10H,3-7,9H2,1-2H3,(H,18,21);1-2H3. The normalized spacial score (nSPS) is 19.2. The fourth-order valence-corrected chi connectivity index (χ4v) is 3.27. The van der Waals surface area contributed by atoms with Crippen molar-refractivity contribution in [2.75, 3.05) is 16.8 Å². The average molecular weight is 339 g/mol. The number of amides is 1. The molecule has 1 saturated carbocycles. The predicted octanol–water partition coefficient (Wildman–Crippen LogP) is 4.27. The second kappa shape index (κ2) is 7.47. The molecule has 5 nitrogen and oxygen atoms in total. The second-order valence-electron chi connectivity index (χ2n) is 6.09. The largest absolute Gasteiger partial charge is 0.351 e. The van der Waals surface area contributed by atoms with Gasteiger partial charge in [-0.25, -0.2) is 4.98 Å². The highest BCUT2D eigenvalue weighted by Gasteiger charge is 2.53. The molecule has 2 aliphatic rings. The van der Waals surface area contributed by atoms with Crippen LogP contribution in [0.2, 0.25) is 5.28 Å². The lowest BCUT2D eigenvalue weighted by Gasteiger charge is -2.33. The Bertz CT molecular complexity index is 560. The summed E-state index contributed by atoms with van der Waals surface area (Å²) in [6, 6.07) is 0.380. The highest BCUT2D eigenvalue weighted by molar-refractivity contribution is 6.28. The molecule has 1 aromatic rings. The van der Waals surface area contributed by atoms with E-state index in [4.69, 9.17) is 11.6 Å². The molecule has 0 bridgehead atoms. The number of hydrogen-bond donors (Lipinski definition) is 1. The van der Waals surface area contributed by atoms with E-state index in [1.807, 2.05) is 13.8 Å². The summed E-state index contributed by atoms with van der Waals surface area (Å²) in [5.74, 6) is 0.871. The second-order valence-corrected chi connectivity index (χ2v) is 6.43. The van der Waals surface area contributed by atoms with Gasteiger partial charge in [0, 0.05) is 12.6 Å². The van der Waals surface area contributed by atoms with Crippen molar-refractivity contribution in [2.45, 2.75) is 65.8 Å². The number of anilines is 2. The van der Waals surface area contributed by atoms with Crippen molar-refractivity contribution in [1.29, 1.82) is 0 Å². The van der Waals surface area contributed by atoms with Crippen molar-refractivity contribution in [2.24, 2.45) is 5.41 Å². The van der Waals surface area contributed by atoms with Crippen LogP contribution in [0.1, 0.15) is 59.8 Å². The van der Waals surface area contributed by atoms with Crippen LogP contribution in [0.4, 0.5) is 11.5 Å². The van der Waals surface area contributed by atoms with Gasteiger partial charge in [-0.2, -0.15) is 4.98 Å². The van der Waals surface area contributed by atoms with E-state index in [1.165, 1.54) is 0 Å². The van der Waals surface area contributed by atoms with Crippen molar-refractivity contribution >= 4 is 29.0 Å². The van der Waals surface area contributed by atoms with Crippen LogP contribution in [-0.2, 0) is 4.79 Å². The van der Waals surface area contributed by atoms with E-state index in [-0.39, 0.29) is 16.6 Å². The average Bonchev–Trinajstić information content (AvgIpc) is 3.36. The van der Waals surface area contributed by atoms with E-state index in [0.29, 0.717) is 11.7 Å². The molecule has 23 heavy (non-hydrogen) atoms. The first-order chi connectivity index (χ1) is 11.1. The molecule has 1 amide bonds. The molecule has 128 valence electrons. The summed E-state index contributed by atoms with van der Waals surface area (Å²) in [5.41, 5.74) is 0.441. The number of carbonyl (C=O) groups excluding carboxylic acids is 1. The Morgan fingerprint density at radius 1 is 1.39 bits per heavy atom. The van der Waals surface area contributed by atoms with Crippen LogP contribution in [0, 0.1) is 5.41 Å². The van der Waals surface area contributed by atoms with Gasteiger partial charge in [-0.3, -0.25) is 4.79 Å². The van der Waals surface area contributed by atoms with Crippen LogP contribution in [0.5, 0.6) is 0 Å². The van der Waals surface area contributed by atoms with Crippen LogP contribution < -0.4 is 10.2 Å². The third-order valence-corrected chi connectivity index (χ3v) is 4.78. The molecule has 1 aromatic heterocycles. The Morgan fingerprint density at radius 3 is 2.65 bits per heavy atom. The Balaban J connectivity index is 0.000000924. The molecule has 1 fully saturated rings. The molecule has 1 atom stereocenters. The van der Waals surface area contributed by atoms with E-state index in [9.17, 15) is 4.79 Å². The number of hydrogen-bond acceptors (Lipinski definition) is 4. The lowest BCUT2D eigenvalue weighted by molar-refractivity contribution is -0.120. The number of carbonyl (C=O) groups is 1. The molecule has 6 heteroatoms. The molecule has 0 saturated heterocycles. The third kappa shape index (κ3) is 3.60. The van der Waals surface area contributed by atoms with Gasteiger partial charge in [0.15, 0.2) is 5.82 Å². The summed E-state index contributed by atoms with van der Waals surface area (Å²) >= 11 is 5.98. The molecule has 0 radical (unpaired) electrons. The van der Waals surface area contributed by atoms with E-state index in [2.05, 4.69) is 34.0 Å². The zero-order valence-corrected chi connectivity index (χ0v) is 15.3. The summed E-state index contributed by atoms with van der Waals surface area (Å²) < 4.78 is 0. The van der Waals surface area contributed by atoms with Gasteiger partial charge >= 0.3 is 0 Å². The molecule has 1 aliphatic heterocycles. The number of halogens is 1. The third-order valence-electron chi connectivity index (χ3n) is 4.60. The minimum absolute atomic E-state index is 0.100. The number of fused-ring (bicyclic) bond motifs is 1. The first-order valence-corrected chi connectivity index (χ1v) is 9.08. The van der Waals surface area contributed by atoms with Gasteiger partial charge in [-0.1, -0.05) is 34.1 Å². The van der Waals surface area contributed by atoms with Crippen LogP contribution in [0.15, 0.2) is 6.20 Å². The topological polar surface area (TPSA) is 58.1 Å². The molecule has 2 heterocycles. The van der Waals surface area contributed by atoms with E-state index in [0.717, 1.165) is 44.5 Å². The molecule has 3 rings (SSSR count). The van der Waals surface area contributed by atoms with Crippen LogP contribution in [-0.4, -0.2) is 28.5 Å². The van der Waals surface area contributed by atoms with Crippen molar-refractivity contribution in [1.82, 2.24) is 9.97 Å². The Labute approximate surface area is 143 Å². The number of nitrogens with zero attached hydrogens (tertiary/aromatic N) is 3. The maximum Gasteiger partial charge on any atom is 0.232 e. The first kappa shape index (κ1) is 18.0. The van der Waals surface area contributed by atoms with Crippen LogP contribution in [0.25, 0.3) is 0 Å². The van der Waals surface area contributed by atoms with Crippen molar-refractivity contribution in [3.63, 3.8) is 0 Å². The number of aromatic nitrogens is 2. The lowest BCUT2D eigenvalue weighted by atomic mass is 10.0. The molecule has 1 spiro atoms. The zero-order valence-electron chi connectivity index (χ0n) is 14.5. The van der Waals surface area contributed by atoms with Gasteiger partial charge in [0.2, 0.25) is 11.2 Å². The highest BCUT2D eigenvalue weighted by Crippen LogP contribution is 2.50. The quantitative estimate of drug-likeness (QED) is 0.833. The maximum atomic E-state index is 12.4. The maximum absolute atomic E-state index is 12.4. The van der Waals surface area contributed by atoms with E-state index >= 15 is 0 Å². The zero-order chi connectivity index (χ0) is 17.0. The molecule has 1 unspecified atom stereocenters. The highest BCUT2D eigenvalue weighted by atomic mass is 35.5. The Hall–Kier alpha value is -1.36. The fraction of sp³-hybridized carbons (Fsp3) is 0.706. The predicted molar refractivity (Wildman–Crippen MR) is 95.0 cm³/mol. The Kier molecular flexibility index (Phi) is 5.84. The SMILES string of the molecule is CC.CCCC(CC)N1CC2(CC2)C(=O)Nc2cnc(Cl)nc21. The van der Waals surface area contributed by atoms with Gasteiger partial charge in [0.25, 0.3) is 0 Å². The molecular weight excluding hydrogens is 312 g/mol. The van der Waals surface area contributed by atoms with E-state index < -0.39 is 0 Å². The van der Waals surface area contributed by atoms with Gasteiger partial charge in [-0.15, -0.1) is 0 Å². The van der Waals surface area contributed by atoms with Crippen LogP contribution >= 0.6 is 11.6 Å². The van der Waals surface area contributed by atoms with E-state index in [1.54, 1.807) is 6.20 Å². The summed E-state index contributed by atoms with van der Waals surface area (Å²) in [5, 5.41) is 3.22. The number of rotatable bonds is 4. The van der Waals surface area contributed by atoms with Crippen molar-refractivity contribution < 1.29 is 4.79 Å². The molecule has 1 aliphatic carbocycles. The van der Waals surface area contributed by atoms with Gasteiger partial charge in [0.1, 0.15) is 5.69 Å². The molecular formula is C17H27ClN4O. The summed E-state index contributed by atoms with van der Waals surface area (Å²) in [7, 11) is 0. The van der Waals surface area contributed by atoms with Crippen molar-refractivity contribution in [3.8, 4) is 0 Å². The lowest BCUT2D eigenvalue weighted by Crippen LogP contribution is -2.41. The minimum atomic E-state index is -0.242. The first-order valence-electron chi connectivity index (χ1n) is 8.70. The molecule has 0 aromatic carbocycles. The minimum Gasteiger partial charge on any atom is -0.351 e. The summed E-state index contributed by atoms with van der Waals surface area (Å²) in [6.45, 7) is 9.10. The summed E-state index contributed by atoms with van der Waals surface area (Å²) in [4.78, 5) is 23.1. The molecule has 1 N–H and O–H groups in total. The number of nitrogens with one attached hydrogen (secondary N) is 1.